The van der Waals surface area contributed by atoms with Gasteiger partial charge in [0.2, 0.25) is 0 Å². The highest BCUT2D eigenvalue weighted by Crippen LogP contribution is 2.29. The van der Waals surface area contributed by atoms with Crippen LogP contribution in [0.15, 0.2) is 6.20 Å². The van der Waals surface area contributed by atoms with Crippen molar-refractivity contribution in [2.45, 2.75) is 33.5 Å². The lowest BCUT2D eigenvalue weighted by atomic mass is 10.1. The van der Waals surface area contributed by atoms with Crippen LogP contribution < -0.4 is 0 Å². The second-order valence-corrected chi connectivity index (χ2v) is 4.59. The molecule has 1 aromatic rings. The molecule has 0 aliphatic rings. The quantitative estimate of drug-likeness (QED) is 0.820. The minimum absolute atomic E-state index is 0.0605. The Morgan fingerprint density at radius 1 is 1.57 bits per heavy atom. The van der Waals surface area contributed by atoms with E-state index in [1.807, 2.05) is 6.92 Å². The Labute approximate surface area is 88.8 Å². The molecule has 80 valence electrons. The van der Waals surface area contributed by atoms with Crippen molar-refractivity contribution < 1.29 is 9.84 Å². The van der Waals surface area contributed by atoms with E-state index in [1.54, 1.807) is 6.20 Å². The number of nitrogens with zero attached hydrogens (tertiary/aromatic N) is 1. The first-order valence-corrected chi connectivity index (χ1v) is 5.67. The topological polar surface area (TPSA) is 42.4 Å². The maximum Gasteiger partial charge on any atom is 0.122 e. The van der Waals surface area contributed by atoms with Gasteiger partial charge in [0, 0.05) is 12.8 Å². The van der Waals surface area contributed by atoms with Gasteiger partial charge < -0.3 is 9.84 Å². The summed E-state index contributed by atoms with van der Waals surface area (Å²) in [6, 6.07) is 0. The van der Waals surface area contributed by atoms with Gasteiger partial charge in [0.1, 0.15) is 11.1 Å². The lowest BCUT2D eigenvalue weighted by Gasteiger charge is -2.17. The molecule has 0 aliphatic carbocycles. The first kappa shape index (κ1) is 11.6. The minimum Gasteiger partial charge on any atom is -0.391 e. The molecule has 0 fully saturated rings. The fourth-order valence-electron chi connectivity index (χ4n) is 1.26. The number of rotatable bonds is 5. The molecule has 3 nitrogen and oxygen atoms in total. The fourth-order valence-corrected chi connectivity index (χ4v) is 2.26. The van der Waals surface area contributed by atoms with Crippen molar-refractivity contribution in [3.05, 3.63) is 16.1 Å². The molecule has 0 saturated heterocycles. The Hall–Kier alpha value is -0.450. The molecule has 0 amide bonds. The Kier molecular flexibility index (Phi) is 4.51. The van der Waals surface area contributed by atoms with Crippen molar-refractivity contribution in [1.29, 1.82) is 0 Å². The van der Waals surface area contributed by atoms with Crippen molar-refractivity contribution in [3.8, 4) is 0 Å². The van der Waals surface area contributed by atoms with Crippen LogP contribution in [0.5, 0.6) is 0 Å². The molecule has 0 aliphatic heterocycles. The predicted octanol–water partition coefficient (Wildman–Crippen LogP) is 2.37. The lowest BCUT2D eigenvalue weighted by Crippen LogP contribution is -2.10. The normalized spacial score (nSPS) is 13.5. The van der Waals surface area contributed by atoms with E-state index in [0.717, 1.165) is 9.88 Å². The summed E-state index contributed by atoms with van der Waals surface area (Å²) in [6.45, 7) is 6.96. The van der Waals surface area contributed by atoms with Crippen LogP contribution in [0.1, 0.15) is 36.8 Å². The van der Waals surface area contributed by atoms with E-state index in [2.05, 4.69) is 18.8 Å². The van der Waals surface area contributed by atoms with Crippen LogP contribution in [-0.2, 0) is 11.3 Å². The van der Waals surface area contributed by atoms with Crippen LogP contribution in [0.2, 0.25) is 0 Å². The third kappa shape index (κ3) is 2.77. The molecular formula is C10H17NO2S. The van der Waals surface area contributed by atoms with Crippen LogP contribution in [-0.4, -0.2) is 16.7 Å². The zero-order valence-corrected chi connectivity index (χ0v) is 9.67. The molecule has 0 radical (unpaired) electrons. The van der Waals surface area contributed by atoms with Crippen molar-refractivity contribution in [3.63, 3.8) is 0 Å². The molecule has 1 N–H and O–H groups in total. The van der Waals surface area contributed by atoms with E-state index in [1.165, 1.54) is 11.3 Å². The second-order valence-electron chi connectivity index (χ2n) is 3.44. The number of aromatic nitrogens is 1. The first-order valence-electron chi connectivity index (χ1n) is 4.86. The molecule has 1 heterocycles. The average molecular weight is 215 g/mol. The van der Waals surface area contributed by atoms with E-state index in [9.17, 15) is 0 Å². The Bertz CT molecular complexity index is 273. The minimum atomic E-state index is 0.0605. The van der Waals surface area contributed by atoms with E-state index < -0.39 is 0 Å². The van der Waals surface area contributed by atoms with Gasteiger partial charge in [0.25, 0.3) is 0 Å². The molecule has 1 unspecified atom stereocenters. The summed E-state index contributed by atoms with van der Waals surface area (Å²) in [5.74, 6) is 0.410. The summed E-state index contributed by atoms with van der Waals surface area (Å²) in [6.07, 6.45) is 1.78. The van der Waals surface area contributed by atoms with Crippen molar-refractivity contribution in [2.75, 3.05) is 6.61 Å². The zero-order chi connectivity index (χ0) is 10.6. The molecule has 1 rings (SSSR count). The Morgan fingerprint density at radius 3 is 2.71 bits per heavy atom. The Balaban J connectivity index is 2.76. The van der Waals surface area contributed by atoms with Gasteiger partial charge in [-0.3, -0.25) is 0 Å². The summed E-state index contributed by atoms with van der Waals surface area (Å²) in [5, 5.41) is 9.89. The highest BCUT2D eigenvalue weighted by atomic mass is 32.1. The van der Waals surface area contributed by atoms with Crippen molar-refractivity contribution in [2.24, 2.45) is 5.92 Å². The monoisotopic (exact) mass is 215 g/mol. The van der Waals surface area contributed by atoms with Crippen LogP contribution in [0, 0.1) is 5.92 Å². The van der Waals surface area contributed by atoms with Crippen molar-refractivity contribution in [1.82, 2.24) is 4.98 Å². The fraction of sp³-hybridized carbons (Fsp3) is 0.700. The summed E-state index contributed by atoms with van der Waals surface area (Å²) in [5.41, 5.74) is 0. The van der Waals surface area contributed by atoms with Gasteiger partial charge in [-0.1, -0.05) is 13.8 Å². The van der Waals surface area contributed by atoms with E-state index in [0.29, 0.717) is 12.5 Å². The third-order valence-electron chi connectivity index (χ3n) is 1.92. The number of ether oxygens (including phenoxy) is 1. The third-order valence-corrected chi connectivity index (χ3v) is 2.97. The van der Waals surface area contributed by atoms with Crippen molar-refractivity contribution >= 4 is 11.3 Å². The molecule has 4 heteroatoms. The molecule has 0 saturated carbocycles. The zero-order valence-electron chi connectivity index (χ0n) is 8.86. The number of thiazole rings is 1. The van der Waals surface area contributed by atoms with Crippen LogP contribution in [0.4, 0.5) is 0 Å². The standard InChI is InChI=1S/C10H17NO2S/c1-4-13-9(7(2)3)10-11-5-8(6-12)14-10/h5,7,9,12H,4,6H2,1-3H3. The first-order chi connectivity index (χ1) is 6.69. The average Bonchev–Trinajstić information content (AvgIpc) is 2.61. The van der Waals surface area contributed by atoms with Gasteiger partial charge in [0.15, 0.2) is 0 Å². The largest absolute Gasteiger partial charge is 0.391 e. The van der Waals surface area contributed by atoms with Gasteiger partial charge in [-0.25, -0.2) is 4.98 Å². The number of aliphatic hydroxyl groups is 1. The molecule has 0 aromatic carbocycles. The predicted molar refractivity (Wildman–Crippen MR) is 57.2 cm³/mol. The van der Waals surface area contributed by atoms with Crippen LogP contribution >= 0.6 is 11.3 Å². The highest BCUT2D eigenvalue weighted by molar-refractivity contribution is 7.11. The summed E-state index contributed by atoms with van der Waals surface area (Å²) >= 11 is 1.52. The molecule has 0 bridgehead atoms. The highest BCUT2D eigenvalue weighted by Gasteiger charge is 2.19. The maximum atomic E-state index is 8.93. The van der Waals surface area contributed by atoms with Crippen LogP contribution in [0.25, 0.3) is 0 Å². The van der Waals surface area contributed by atoms with Gasteiger partial charge in [-0.05, 0) is 12.8 Å². The van der Waals surface area contributed by atoms with Gasteiger partial charge >= 0.3 is 0 Å². The van der Waals surface area contributed by atoms with Crippen LogP contribution in [0.3, 0.4) is 0 Å². The number of hydrogen-bond donors (Lipinski definition) is 1. The smallest absolute Gasteiger partial charge is 0.122 e. The van der Waals surface area contributed by atoms with E-state index in [-0.39, 0.29) is 12.7 Å². The second kappa shape index (κ2) is 5.44. The molecular weight excluding hydrogens is 198 g/mol. The molecule has 0 spiro atoms. The van der Waals surface area contributed by atoms with Gasteiger partial charge in [0.05, 0.1) is 11.5 Å². The SMILES string of the molecule is CCOC(c1ncc(CO)s1)C(C)C. The molecule has 1 aromatic heterocycles. The van der Waals surface area contributed by atoms with Gasteiger partial charge in [-0.15, -0.1) is 11.3 Å². The number of hydrogen-bond acceptors (Lipinski definition) is 4. The van der Waals surface area contributed by atoms with Gasteiger partial charge in [-0.2, -0.15) is 0 Å². The van der Waals surface area contributed by atoms with E-state index >= 15 is 0 Å². The number of aliphatic hydroxyl groups excluding tert-OH is 1. The summed E-state index contributed by atoms with van der Waals surface area (Å²) < 4.78 is 5.61. The summed E-state index contributed by atoms with van der Waals surface area (Å²) in [4.78, 5) is 5.15. The molecule has 14 heavy (non-hydrogen) atoms. The summed E-state index contributed by atoms with van der Waals surface area (Å²) in [7, 11) is 0. The van der Waals surface area contributed by atoms with E-state index in [4.69, 9.17) is 9.84 Å². The maximum absolute atomic E-state index is 8.93. The Morgan fingerprint density at radius 2 is 2.29 bits per heavy atom. The lowest BCUT2D eigenvalue weighted by molar-refractivity contribution is 0.0293. The molecule has 1 atom stereocenters.